The van der Waals surface area contributed by atoms with E-state index in [2.05, 4.69) is 0 Å². The highest BCUT2D eigenvalue weighted by atomic mass is 19.1. The molecule has 1 aromatic carbocycles. The van der Waals surface area contributed by atoms with Crippen molar-refractivity contribution in [3.05, 3.63) is 35.6 Å². The van der Waals surface area contributed by atoms with Gasteiger partial charge in [-0.3, -0.25) is 9.59 Å². The fraction of sp³-hybridized carbons (Fsp3) is 0.579. The number of rotatable bonds is 2. The summed E-state index contributed by atoms with van der Waals surface area (Å²) in [6.45, 7) is 5.01. The molecule has 2 amide bonds. The van der Waals surface area contributed by atoms with E-state index in [4.69, 9.17) is 4.74 Å². The summed E-state index contributed by atoms with van der Waals surface area (Å²) >= 11 is 0. The lowest BCUT2D eigenvalue weighted by Crippen LogP contribution is -2.53. The van der Waals surface area contributed by atoms with Crippen LogP contribution in [-0.4, -0.2) is 54.0 Å². The molecule has 0 bridgehead atoms. The van der Waals surface area contributed by atoms with E-state index >= 15 is 0 Å². The summed E-state index contributed by atoms with van der Waals surface area (Å²) in [5, 5.41) is 0. The van der Waals surface area contributed by atoms with Gasteiger partial charge >= 0.3 is 0 Å². The molecular formula is C19H25FN2O3. The number of benzene rings is 1. The minimum Gasteiger partial charge on any atom is -0.372 e. The second-order valence-corrected chi connectivity index (χ2v) is 7.15. The fourth-order valence-corrected chi connectivity index (χ4v) is 4.04. The SMILES string of the molecule is CC1CN(C(=O)C2CCC(=O)N(C)C2c2cccc(F)c2)CC(C)O1. The maximum Gasteiger partial charge on any atom is 0.228 e. The summed E-state index contributed by atoms with van der Waals surface area (Å²) in [7, 11) is 1.70. The smallest absolute Gasteiger partial charge is 0.228 e. The Morgan fingerprint density at radius 1 is 1.24 bits per heavy atom. The Morgan fingerprint density at radius 3 is 2.56 bits per heavy atom. The summed E-state index contributed by atoms with van der Waals surface area (Å²) in [6, 6.07) is 5.77. The number of carbonyl (C=O) groups is 2. The molecule has 4 atom stereocenters. The number of hydrogen-bond acceptors (Lipinski definition) is 3. The number of ether oxygens (including phenoxy) is 1. The Labute approximate surface area is 147 Å². The Morgan fingerprint density at radius 2 is 1.92 bits per heavy atom. The van der Waals surface area contributed by atoms with Crippen LogP contribution in [0.1, 0.15) is 38.3 Å². The highest BCUT2D eigenvalue weighted by molar-refractivity contribution is 5.85. The first kappa shape index (κ1) is 17.9. The van der Waals surface area contributed by atoms with Crippen LogP contribution in [0.25, 0.3) is 0 Å². The van der Waals surface area contributed by atoms with E-state index in [1.165, 1.54) is 12.1 Å². The Hall–Kier alpha value is -1.95. The average molecular weight is 348 g/mol. The molecule has 3 rings (SSSR count). The standard InChI is InChI=1S/C19H25FN2O3/c1-12-10-22(11-13(2)25-12)19(24)16-7-8-17(23)21(3)18(16)14-5-4-6-15(20)9-14/h4-6,9,12-13,16,18H,7-8,10-11H2,1-3H3. The first-order chi connectivity index (χ1) is 11.9. The monoisotopic (exact) mass is 348 g/mol. The van der Waals surface area contributed by atoms with Crippen LogP contribution in [0.4, 0.5) is 4.39 Å². The van der Waals surface area contributed by atoms with Crippen LogP contribution in [0.5, 0.6) is 0 Å². The molecule has 4 unspecified atom stereocenters. The average Bonchev–Trinajstić information content (AvgIpc) is 2.55. The van der Waals surface area contributed by atoms with Gasteiger partial charge < -0.3 is 14.5 Å². The molecule has 2 aliphatic heterocycles. The summed E-state index contributed by atoms with van der Waals surface area (Å²) in [5.74, 6) is -0.705. The minimum atomic E-state index is -0.432. The topological polar surface area (TPSA) is 49.9 Å². The molecule has 2 fully saturated rings. The molecule has 0 radical (unpaired) electrons. The van der Waals surface area contributed by atoms with Gasteiger partial charge in [0.2, 0.25) is 11.8 Å². The van der Waals surface area contributed by atoms with E-state index in [0.29, 0.717) is 31.5 Å². The Bertz CT molecular complexity index is 656. The van der Waals surface area contributed by atoms with E-state index in [9.17, 15) is 14.0 Å². The van der Waals surface area contributed by atoms with Crippen molar-refractivity contribution in [1.82, 2.24) is 9.80 Å². The molecule has 2 saturated heterocycles. The largest absolute Gasteiger partial charge is 0.372 e. The van der Waals surface area contributed by atoms with Gasteiger partial charge in [0.25, 0.3) is 0 Å². The van der Waals surface area contributed by atoms with Crippen LogP contribution < -0.4 is 0 Å². The van der Waals surface area contributed by atoms with Gasteiger partial charge in [-0.15, -0.1) is 0 Å². The van der Waals surface area contributed by atoms with Gasteiger partial charge in [-0.2, -0.15) is 0 Å². The van der Waals surface area contributed by atoms with Gasteiger partial charge in [-0.25, -0.2) is 4.39 Å². The lowest BCUT2D eigenvalue weighted by Gasteiger charge is -2.43. The predicted octanol–water partition coefficient (Wildman–Crippen LogP) is 2.37. The molecule has 0 saturated carbocycles. The van der Waals surface area contributed by atoms with Crippen LogP contribution in [0.15, 0.2) is 24.3 Å². The molecule has 0 N–H and O–H groups in total. The van der Waals surface area contributed by atoms with Crippen LogP contribution >= 0.6 is 0 Å². The van der Waals surface area contributed by atoms with Crippen LogP contribution in [0, 0.1) is 11.7 Å². The molecule has 6 heteroatoms. The highest BCUT2D eigenvalue weighted by Crippen LogP contribution is 2.37. The molecular weight excluding hydrogens is 323 g/mol. The van der Waals surface area contributed by atoms with E-state index < -0.39 is 6.04 Å². The lowest BCUT2D eigenvalue weighted by molar-refractivity contribution is -0.154. The number of likely N-dealkylation sites (tertiary alicyclic amines) is 1. The van der Waals surface area contributed by atoms with Crippen molar-refractivity contribution in [3.63, 3.8) is 0 Å². The zero-order valence-corrected chi connectivity index (χ0v) is 14.9. The van der Waals surface area contributed by atoms with Gasteiger partial charge in [0.15, 0.2) is 0 Å². The molecule has 1 aromatic rings. The lowest BCUT2D eigenvalue weighted by atomic mass is 9.83. The maximum atomic E-state index is 13.7. The zero-order valence-electron chi connectivity index (χ0n) is 14.9. The van der Waals surface area contributed by atoms with E-state index in [-0.39, 0.29) is 35.8 Å². The Kier molecular flexibility index (Phi) is 5.08. The zero-order chi connectivity index (χ0) is 18.1. The molecule has 2 heterocycles. The molecule has 0 aliphatic carbocycles. The quantitative estimate of drug-likeness (QED) is 0.824. The maximum absolute atomic E-state index is 13.7. The summed E-state index contributed by atoms with van der Waals surface area (Å²) in [6.07, 6.45) is 0.809. The van der Waals surface area contributed by atoms with Crippen molar-refractivity contribution in [3.8, 4) is 0 Å². The van der Waals surface area contributed by atoms with E-state index in [1.807, 2.05) is 18.7 Å². The van der Waals surface area contributed by atoms with Gasteiger partial charge in [-0.1, -0.05) is 12.1 Å². The number of hydrogen-bond donors (Lipinski definition) is 0. The van der Waals surface area contributed by atoms with Crippen molar-refractivity contribution in [2.75, 3.05) is 20.1 Å². The number of piperidine rings is 1. The van der Waals surface area contributed by atoms with E-state index in [0.717, 1.165) is 0 Å². The predicted molar refractivity (Wildman–Crippen MR) is 91.2 cm³/mol. The molecule has 0 aromatic heterocycles. The third-order valence-corrected chi connectivity index (χ3v) is 5.10. The van der Waals surface area contributed by atoms with Gasteiger partial charge in [-0.05, 0) is 38.0 Å². The third-order valence-electron chi connectivity index (χ3n) is 5.10. The van der Waals surface area contributed by atoms with Gasteiger partial charge in [0.1, 0.15) is 5.82 Å². The number of nitrogens with zero attached hydrogens (tertiary/aromatic N) is 2. The second-order valence-electron chi connectivity index (χ2n) is 7.15. The normalized spacial score (nSPS) is 30.5. The molecule has 25 heavy (non-hydrogen) atoms. The number of carbonyl (C=O) groups excluding carboxylic acids is 2. The summed E-state index contributed by atoms with van der Waals surface area (Å²) in [4.78, 5) is 28.8. The van der Waals surface area contributed by atoms with E-state index in [1.54, 1.807) is 24.1 Å². The van der Waals surface area contributed by atoms with Crippen molar-refractivity contribution < 1.29 is 18.7 Å². The number of halogens is 1. The number of amides is 2. The summed E-state index contributed by atoms with van der Waals surface area (Å²) < 4.78 is 19.4. The molecule has 2 aliphatic rings. The third kappa shape index (κ3) is 3.68. The summed E-state index contributed by atoms with van der Waals surface area (Å²) in [5.41, 5.74) is 0.670. The first-order valence-corrected chi connectivity index (χ1v) is 8.82. The van der Waals surface area contributed by atoms with Crippen LogP contribution in [-0.2, 0) is 14.3 Å². The van der Waals surface area contributed by atoms with Crippen molar-refractivity contribution in [2.45, 2.75) is 44.9 Å². The first-order valence-electron chi connectivity index (χ1n) is 8.82. The Balaban J connectivity index is 1.89. The van der Waals surface area contributed by atoms with Crippen molar-refractivity contribution in [1.29, 1.82) is 0 Å². The second kappa shape index (κ2) is 7.12. The molecule has 5 nitrogen and oxygen atoms in total. The number of morpholine rings is 1. The molecule has 136 valence electrons. The fourth-order valence-electron chi connectivity index (χ4n) is 4.04. The highest BCUT2D eigenvalue weighted by Gasteiger charge is 2.41. The van der Waals surface area contributed by atoms with Crippen LogP contribution in [0.2, 0.25) is 0 Å². The minimum absolute atomic E-state index is 0.0109. The van der Waals surface area contributed by atoms with Crippen molar-refractivity contribution >= 4 is 11.8 Å². The van der Waals surface area contributed by atoms with Gasteiger partial charge in [0, 0.05) is 26.6 Å². The molecule has 0 spiro atoms. The van der Waals surface area contributed by atoms with Crippen LogP contribution in [0.3, 0.4) is 0 Å². The van der Waals surface area contributed by atoms with Gasteiger partial charge in [0.05, 0.1) is 24.2 Å². The van der Waals surface area contributed by atoms with Crippen molar-refractivity contribution in [2.24, 2.45) is 5.92 Å².